The van der Waals surface area contributed by atoms with Crippen LogP contribution in [0.4, 0.5) is 17.1 Å². The Bertz CT molecular complexity index is 1550. The number of amides is 2. The minimum absolute atomic E-state index is 0.246. The summed E-state index contributed by atoms with van der Waals surface area (Å²) in [4.78, 5) is 39.1. The summed E-state index contributed by atoms with van der Waals surface area (Å²) < 4.78 is 29.9. The summed E-state index contributed by atoms with van der Waals surface area (Å²) >= 11 is 0. The van der Waals surface area contributed by atoms with Crippen LogP contribution in [0.15, 0.2) is 72.8 Å². The normalized spacial score (nSPS) is 13.8. The lowest BCUT2D eigenvalue weighted by Crippen LogP contribution is -2.37. The first kappa shape index (κ1) is 27.6. The summed E-state index contributed by atoms with van der Waals surface area (Å²) in [6.07, 6.45) is 0.988. The summed E-state index contributed by atoms with van der Waals surface area (Å²) in [7, 11) is -1.94. The van der Waals surface area contributed by atoms with Gasteiger partial charge >= 0.3 is 5.97 Å². The average molecular weight is 549 g/mol. The topological polar surface area (TPSA) is 134 Å². The zero-order valence-corrected chi connectivity index (χ0v) is 22.5. The number of carbonyl (C=O) groups excluding carboxylic acids is 3. The molecule has 0 bridgehead atoms. The molecule has 0 aliphatic carbocycles. The van der Waals surface area contributed by atoms with E-state index in [1.165, 1.54) is 4.90 Å². The lowest BCUT2D eigenvalue weighted by Gasteiger charge is -2.19. The quantitative estimate of drug-likeness (QED) is 0.276. The number of carbonyl (C=O) groups is 3. The first-order valence-corrected chi connectivity index (χ1v) is 14.0. The van der Waals surface area contributed by atoms with E-state index in [2.05, 4.69) is 15.4 Å². The highest BCUT2D eigenvalue weighted by atomic mass is 32.2. The van der Waals surface area contributed by atoms with Gasteiger partial charge in [0.2, 0.25) is 15.9 Å². The number of anilines is 3. The Kier molecular flexibility index (Phi) is 8.12. The number of sulfonamides is 1. The van der Waals surface area contributed by atoms with E-state index in [4.69, 9.17) is 4.74 Å². The van der Waals surface area contributed by atoms with Gasteiger partial charge in [-0.25, -0.2) is 17.9 Å². The molecule has 0 radical (unpaired) electrons. The van der Waals surface area contributed by atoms with Gasteiger partial charge in [-0.3, -0.25) is 9.59 Å². The van der Waals surface area contributed by atoms with E-state index < -0.39 is 21.9 Å². The number of likely N-dealkylation sites (N-methyl/N-ethyl adjacent to an activating group) is 1. The standard InChI is InChI=1S/C28H28N4O6S/c1-4-38-28(35)19-10-15-22-23(16-19)31-27(34)25(22)26(18-8-6-5-7-9-18)30-20-11-13-21(14-12-20)32(2)24(33)17-29-39(3,36)37/h5-16,29-30H,4,17H2,1-3H3,(H,31,34). The van der Waals surface area contributed by atoms with Crippen molar-refractivity contribution >= 4 is 56.1 Å². The van der Waals surface area contributed by atoms with Crippen LogP contribution in [0, 0.1) is 0 Å². The Hall–Kier alpha value is -4.48. The fraction of sp³-hybridized carbons (Fsp3) is 0.179. The minimum Gasteiger partial charge on any atom is -0.462 e. The molecule has 0 saturated heterocycles. The molecule has 39 heavy (non-hydrogen) atoms. The molecule has 1 heterocycles. The molecule has 0 atom stereocenters. The third-order valence-electron chi connectivity index (χ3n) is 5.97. The molecule has 202 valence electrons. The number of nitrogens with one attached hydrogen (secondary N) is 3. The number of hydrogen-bond acceptors (Lipinski definition) is 7. The van der Waals surface area contributed by atoms with Crippen LogP contribution < -0.4 is 20.3 Å². The molecule has 10 nitrogen and oxygen atoms in total. The SMILES string of the molecule is CCOC(=O)c1ccc2c(c1)NC(=O)C2=C(Nc1ccc(N(C)C(=O)CNS(C)(=O)=O)cc1)c1ccccc1. The van der Waals surface area contributed by atoms with Crippen molar-refractivity contribution in [3.63, 3.8) is 0 Å². The Morgan fingerprint density at radius 2 is 1.67 bits per heavy atom. The fourth-order valence-electron chi connectivity index (χ4n) is 4.01. The molecule has 0 unspecified atom stereocenters. The maximum absolute atomic E-state index is 13.2. The van der Waals surface area contributed by atoms with Crippen molar-refractivity contribution < 1.29 is 27.5 Å². The fourth-order valence-corrected chi connectivity index (χ4v) is 4.40. The predicted octanol–water partition coefficient (Wildman–Crippen LogP) is 3.31. The third-order valence-corrected chi connectivity index (χ3v) is 6.64. The van der Waals surface area contributed by atoms with Gasteiger partial charge in [0.25, 0.3) is 5.91 Å². The Morgan fingerprint density at radius 3 is 2.31 bits per heavy atom. The Balaban J connectivity index is 1.66. The van der Waals surface area contributed by atoms with E-state index in [0.717, 1.165) is 11.8 Å². The molecule has 3 N–H and O–H groups in total. The van der Waals surface area contributed by atoms with Crippen molar-refractivity contribution in [3.05, 3.63) is 89.5 Å². The molecule has 11 heteroatoms. The molecular formula is C28H28N4O6S. The summed E-state index contributed by atoms with van der Waals surface area (Å²) in [6.45, 7) is 1.62. The smallest absolute Gasteiger partial charge is 0.338 e. The largest absolute Gasteiger partial charge is 0.462 e. The molecule has 0 saturated carbocycles. The van der Waals surface area contributed by atoms with Gasteiger partial charge in [0, 0.05) is 24.0 Å². The van der Waals surface area contributed by atoms with E-state index >= 15 is 0 Å². The number of esters is 1. The second-order valence-corrected chi connectivity index (χ2v) is 10.6. The zero-order chi connectivity index (χ0) is 28.2. The maximum Gasteiger partial charge on any atom is 0.338 e. The molecule has 1 aliphatic heterocycles. The van der Waals surface area contributed by atoms with Crippen molar-refractivity contribution in [2.24, 2.45) is 0 Å². The van der Waals surface area contributed by atoms with Gasteiger partial charge in [0.15, 0.2) is 0 Å². The van der Waals surface area contributed by atoms with Crippen LogP contribution in [-0.4, -0.2) is 52.7 Å². The van der Waals surface area contributed by atoms with Crippen LogP contribution >= 0.6 is 0 Å². The minimum atomic E-state index is -3.49. The van der Waals surface area contributed by atoms with Crippen molar-refractivity contribution in [2.45, 2.75) is 6.92 Å². The van der Waals surface area contributed by atoms with E-state index in [1.54, 1.807) is 56.4 Å². The van der Waals surface area contributed by atoms with Crippen LogP contribution in [0.3, 0.4) is 0 Å². The summed E-state index contributed by atoms with van der Waals surface area (Å²) in [5, 5.41) is 6.18. The van der Waals surface area contributed by atoms with E-state index in [1.807, 2.05) is 30.3 Å². The molecule has 1 aliphatic rings. The Labute approximate surface area is 226 Å². The molecule has 0 aromatic heterocycles. The van der Waals surface area contributed by atoms with Crippen LogP contribution in [-0.2, 0) is 24.3 Å². The molecule has 0 fully saturated rings. The van der Waals surface area contributed by atoms with Crippen LogP contribution in [0.2, 0.25) is 0 Å². The van der Waals surface area contributed by atoms with E-state index in [0.29, 0.717) is 39.5 Å². The second-order valence-electron chi connectivity index (χ2n) is 8.77. The summed E-state index contributed by atoms with van der Waals surface area (Å²) in [5.41, 5.74) is 4.45. The number of ether oxygens (including phenoxy) is 1. The van der Waals surface area contributed by atoms with Crippen LogP contribution in [0.25, 0.3) is 11.3 Å². The van der Waals surface area contributed by atoms with Gasteiger partial charge < -0.3 is 20.3 Å². The lowest BCUT2D eigenvalue weighted by molar-refractivity contribution is -0.117. The number of fused-ring (bicyclic) bond motifs is 1. The monoisotopic (exact) mass is 548 g/mol. The maximum atomic E-state index is 13.2. The van der Waals surface area contributed by atoms with Gasteiger partial charge in [0.1, 0.15) is 0 Å². The van der Waals surface area contributed by atoms with E-state index in [-0.39, 0.29) is 19.1 Å². The van der Waals surface area contributed by atoms with Crippen molar-refractivity contribution in [1.29, 1.82) is 0 Å². The van der Waals surface area contributed by atoms with Crippen LogP contribution in [0.5, 0.6) is 0 Å². The molecule has 0 spiro atoms. The van der Waals surface area contributed by atoms with Crippen molar-refractivity contribution in [2.75, 3.05) is 42.0 Å². The van der Waals surface area contributed by atoms with E-state index in [9.17, 15) is 22.8 Å². The van der Waals surface area contributed by atoms with Crippen LogP contribution in [0.1, 0.15) is 28.4 Å². The number of rotatable bonds is 9. The van der Waals surface area contributed by atoms with Gasteiger partial charge in [-0.15, -0.1) is 0 Å². The molecule has 4 rings (SSSR count). The molecule has 3 aromatic carbocycles. The zero-order valence-electron chi connectivity index (χ0n) is 21.6. The highest BCUT2D eigenvalue weighted by Crippen LogP contribution is 2.38. The Morgan fingerprint density at radius 1 is 0.974 bits per heavy atom. The predicted molar refractivity (Wildman–Crippen MR) is 151 cm³/mol. The van der Waals surface area contributed by atoms with Crippen molar-refractivity contribution in [3.8, 4) is 0 Å². The molecular weight excluding hydrogens is 520 g/mol. The number of hydrogen-bond donors (Lipinski definition) is 3. The first-order valence-electron chi connectivity index (χ1n) is 12.1. The third kappa shape index (κ3) is 6.51. The highest BCUT2D eigenvalue weighted by Gasteiger charge is 2.29. The molecule has 2 amide bonds. The second kappa shape index (κ2) is 11.5. The van der Waals surface area contributed by atoms with Gasteiger partial charge in [-0.1, -0.05) is 36.4 Å². The summed E-state index contributed by atoms with van der Waals surface area (Å²) in [6, 6.07) is 21.2. The first-order chi connectivity index (χ1) is 18.6. The number of nitrogens with zero attached hydrogens (tertiary/aromatic N) is 1. The number of benzene rings is 3. The summed E-state index contributed by atoms with van der Waals surface area (Å²) in [5.74, 6) is -1.21. The highest BCUT2D eigenvalue weighted by molar-refractivity contribution is 7.88. The average Bonchev–Trinajstić information content (AvgIpc) is 3.25. The van der Waals surface area contributed by atoms with Gasteiger partial charge in [0.05, 0.1) is 41.9 Å². The van der Waals surface area contributed by atoms with Gasteiger partial charge in [-0.05, 0) is 48.9 Å². The van der Waals surface area contributed by atoms with Crippen molar-refractivity contribution in [1.82, 2.24) is 4.72 Å². The molecule has 3 aromatic rings. The lowest BCUT2D eigenvalue weighted by atomic mass is 9.99. The van der Waals surface area contributed by atoms with Gasteiger partial charge in [-0.2, -0.15) is 0 Å².